The zero-order valence-electron chi connectivity index (χ0n) is 11.7. The standard InChI is InChI=1S/C17H17NO2/c1-13-4-3-5-14(2)17(13)20-11-10-19-16-8-6-15(12-18)7-9-16/h3-9H,10-11H2,1-2H3. The molecule has 2 aromatic carbocycles. The molecule has 20 heavy (non-hydrogen) atoms. The van der Waals surface area contributed by atoms with Gasteiger partial charge in [-0.25, -0.2) is 0 Å². The number of para-hydroxylation sites is 1. The largest absolute Gasteiger partial charge is 0.490 e. The topological polar surface area (TPSA) is 42.2 Å². The summed E-state index contributed by atoms with van der Waals surface area (Å²) in [6, 6.07) is 15.2. The molecular formula is C17H17NO2. The van der Waals surface area contributed by atoms with E-state index >= 15 is 0 Å². The first kappa shape index (κ1) is 14.0. The van der Waals surface area contributed by atoms with Gasteiger partial charge in [0.25, 0.3) is 0 Å². The molecule has 0 spiro atoms. The van der Waals surface area contributed by atoms with Crippen molar-refractivity contribution in [1.29, 1.82) is 5.26 Å². The first-order chi connectivity index (χ1) is 9.70. The van der Waals surface area contributed by atoms with Crippen molar-refractivity contribution in [2.24, 2.45) is 0 Å². The Morgan fingerprint density at radius 1 is 0.900 bits per heavy atom. The maximum Gasteiger partial charge on any atom is 0.125 e. The third-order valence-electron chi connectivity index (χ3n) is 2.99. The van der Waals surface area contributed by atoms with Crippen molar-refractivity contribution in [1.82, 2.24) is 0 Å². The Morgan fingerprint density at radius 3 is 2.10 bits per heavy atom. The number of hydrogen-bond donors (Lipinski definition) is 0. The van der Waals surface area contributed by atoms with Crippen LogP contribution in [0.2, 0.25) is 0 Å². The van der Waals surface area contributed by atoms with Gasteiger partial charge in [0.1, 0.15) is 24.7 Å². The third-order valence-corrected chi connectivity index (χ3v) is 2.99. The molecule has 0 radical (unpaired) electrons. The fourth-order valence-corrected chi connectivity index (χ4v) is 1.96. The Kier molecular flexibility index (Phi) is 4.62. The molecule has 0 saturated carbocycles. The predicted molar refractivity (Wildman–Crippen MR) is 78.1 cm³/mol. The number of nitrogens with zero attached hydrogens (tertiary/aromatic N) is 1. The van der Waals surface area contributed by atoms with Crippen LogP contribution >= 0.6 is 0 Å². The van der Waals surface area contributed by atoms with Gasteiger partial charge in [0.05, 0.1) is 11.6 Å². The molecule has 0 amide bonds. The van der Waals surface area contributed by atoms with Crippen LogP contribution in [0.3, 0.4) is 0 Å². The van der Waals surface area contributed by atoms with E-state index in [2.05, 4.69) is 6.07 Å². The van der Waals surface area contributed by atoms with Crippen molar-refractivity contribution < 1.29 is 9.47 Å². The van der Waals surface area contributed by atoms with Gasteiger partial charge in [-0.3, -0.25) is 0 Å². The highest BCUT2D eigenvalue weighted by Gasteiger charge is 2.03. The van der Waals surface area contributed by atoms with Crippen LogP contribution in [0.1, 0.15) is 16.7 Å². The summed E-state index contributed by atoms with van der Waals surface area (Å²) in [4.78, 5) is 0. The Labute approximate surface area is 119 Å². The first-order valence-electron chi connectivity index (χ1n) is 6.52. The van der Waals surface area contributed by atoms with E-state index in [1.807, 2.05) is 32.0 Å². The Balaban J connectivity index is 1.83. The van der Waals surface area contributed by atoms with E-state index in [-0.39, 0.29) is 0 Å². The van der Waals surface area contributed by atoms with Crippen LogP contribution < -0.4 is 9.47 Å². The number of rotatable bonds is 5. The molecule has 3 heteroatoms. The molecule has 102 valence electrons. The van der Waals surface area contributed by atoms with Gasteiger partial charge >= 0.3 is 0 Å². The monoisotopic (exact) mass is 267 g/mol. The number of nitriles is 1. The average Bonchev–Trinajstić information content (AvgIpc) is 2.46. The van der Waals surface area contributed by atoms with Crippen molar-refractivity contribution in [3.63, 3.8) is 0 Å². The Hall–Kier alpha value is -2.47. The van der Waals surface area contributed by atoms with Crippen molar-refractivity contribution >= 4 is 0 Å². The summed E-state index contributed by atoms with van der Waals surface area (Å²) in [7, 11) is 0. The SMILES string of the molecule is Cc1cccc(C)c1OCCOc1ccc(C#N)cc1. The lowest BCUT2D eigenvalue weighted by Crippen LogP contribution is -2.10. The zero-order chi connectivity index (χ0) is 14.4. The summed E-state index contributed by atoms with van der Waals surface area (Å²) in [5.74, 6) is 1.67. The van der Waals surface area contributed by atoms with Crippen molar-refractivity contribution in [3.05, 3.63) is 59.2 Å². The molecule has 0 saturated heterocycles. The summed E-state index contributed by atoms with van der Waals surface area (Å²) < 4.78 is 11.3. The molecule has 0 aliphatic carbocycles. The van der Waals surface area contributed by atoms with E-state index in [0.29, 0.717) is 18.8 Å². The summed E-state index contributed by atoms with van der Waals surface area (Å²) in [6.07, 6.45) is 0. The molecule has 0 aromatic heterocycles. The van der Waals surface area contributed by atoms with E-state index in [0.717, 1.165) is 22.6 Å². The van der Waals surface area contributed by atoms with Gasteiger partial charge in [-0.05, 0) is 49.2 Å². The van der Waals surface area contributed by atoms with Crippen LogP contribution in [0, 0.1) is 25.2 Å². The summed E-state index contributed by atoms with van der Waals surface area (Å²) in [6.45, 7) is 5.03. The van der Waals surface area contributed by atoms with Gasteiger partial charge in [-0.15, -0.1) is 0 Å². The molecule has 0 N–H and O–H groups in total. The minimum atomic E-state index is 0.472. The third kappa shape index (κ3) is 3.52. The van der Waals surface area contributed by atoms with Crippen LogP contribution in [-0.4, -0.2) is 13.2 Å². The minimum absolute atomic E-state index is 0.472. The molecule has 0 aliphatic heterocycles. The molecule has 2 aromatic rings. The maximum atomic E-state index is 8.71. The number of hydrogen-bond acceptors (Lipinski definition) is 3. The normalized spacial score (nSPS) is 9.85. The fourth-order valence-electron chi connectivity index (χ4n) is 1.96. The van der Waals surface area contributed by atoms with Crippen LogP contribution in [0.15, 0.2) is 42.5 Å². The van der Waals surface area contributed by atoms with Gasteiger partial charge in [0, 0.05) is 0 Å². The highest BCUT2D eigenvalue weighted by molar-refractivity contribution is 5.39. The molecule has 0 heterocycles. The molecule has 2 rings (SSSR count). The minimum Gasteiger partial charge on any atom is -0.490 e. The second-order valence-corrected chi connectivity index (χ2v) is 4.55. The fraction of sp³-hybridized carbons (Fsp3) is 0.235. The van der Waals surface area contributed by atoms with Crippen LogP contribution in [-0.2, 0) is 0 Å². The van der Waals surface area contributed by atoms with Gasteiger partial charge in [0.15, 0.2) is 0 Å². The molecule has 0 atom stereocenters. The van der Waals surface area contributed by atoms with Crippen molar-refractivity contribution in [3.8, 4) is 17.6 Å². The van der Waals surface area contributed by atoms with Crippen LogP contribution in [0.25, 0.3) is 0 Å². The van der Waals surface area contributed by atoms with Gasteiger partial charge < -0.3 is 9.47 Å². The molecule has 0 aliphatic rings. The molecule has 0 bridgehead atoms. The van der Waals surface area contributed by atoms with E-state index in [9.17, 15) is 0 Å². The molecule has 3 nitrogen and oxygen atoms in total. The second kappa shape index (κ2) is 6.63. The number of ether oxygens (including phenoxy) is 2. The second-order valence-electron chi connectivity index (χ2n) is 4.55. The maximum absolute atomic E-state index is 8.71. The average molecular weight is 267 g/mol. The lowest BCUT2D eigenvalue weighted by atomic mass is 10.1. The molecule has 0 fully saturated rings. The summed E-state index contributed by atoms with van der Waals surface area (Å²) in [5.41, 5.74) is 2.89. The quantitative estimate of drug-likeness (QED) is 0.777. The summed E-state index contributed by atoms with van der Waals surface area (Å²) >= 11 is 0. The van der Waals surface area contributed by atoms with Gasteiger partial charge in [0.2, 0.25) is 0 Å². The van der Waals surface area contributed by atoms with Crippen LogP contribution in [0.4, 0.5) is 0 Å². The van der Waals surface area contributed by atoms with E-state index < -0.39 is 0 Å². The van der Waals surface area contributed by atoms with E-state index in [1.54, 1.807) is 24.3 Å². The Morgan fingerprint density at radius 2 is 1.50 bits per heavy atom. The first-order valence-corrected chi connectivity index (χ1v) is 6.52. The number of benzene rings is 2. The molecule has 0 unspecified atom stereocenters. The summed E-state index contributed by atoms with van der Waals surface area (Å²) in [5, 5.41) is 8.71. The lowest BCUT2D eigenvalue weighted by molar-refractivity contribution is 0.215. The zero-order valence-corrected chi connectivity index (χ0v) is 11.7. The smallest absolute Gasteiger partial charge is 0.125 e. The van der Waals surface area contributed by atoms with E-state index in [4.69, 9.17) is 14.7 Å². The molecular weight excluding hydrogens is 250 g/mol. The Bertz CT molecular complexity index is 592. The lowest BCUT2D eigenvalue weighted by Gasteiger charge is -2.12. The van der Waals surface area contributed by atoms with Crippen molar-refractivity contribution in [2.45, 2.75) is 13.8 Å². The van der Waals surface area contributed by atoms with Gasteiger partial charge in [-0.2, -0.15) is 5.26 Å². The van der Waals surface area contributed by atoms with E-state index in [1.165, 1.54) is 0 Å². The predicted octanol–water partition coefficient (Wildman–Crippen LogP) is 3.63. The highest BCUT2D eigenvalue weighted by Crippen LogP contribution is 2.22. The highest BCUT2D eigenvalue weighted by atomic mass is 16.5. The van der Waals surface area contributed by atoms with Crippen LogP contribution in [0.5, 0.6) is 11.5 Å². The number of aryl methyl sites for hydroxylation is 2. The van der Waals surface area contributed by atoms with Crippen molar-refractivity contribution in [2.75, 3.05) is 13.2 Å². The van der Waals surface area contributed by atoms with Gasteiger partial charge in [-0.1, -0.05) is 18.2 Å².